The molecule has 0 N–H and O–H groups in total. The summed E-state index contributed by atoms with van der Waals surface area (Å²) in [6.45, 7) is 0. The Labute approximate surface area is 84.2 Å². The van der Waals surface area contributed by atoms with Gasteiger partial charge in [0.1, 0.15) is 0 Å². The van der Waals surface area contributed by atoms with Crippen molar-refractivity contribution in [1.29, 1.82) is 0 Å². The molecule has 0 saturated carbocycles. The smallest absolute Gasteiger partial charge is 0.0603 e. The van der Waals surface area contributed by atoms with Gasteiger partial charge in [-0.15, -0.1) is 0 Å². The van der Waals surface area contributed by atoms with Crippen LogP contribution in [0.25, 0.3) is 0 Å². The quantitative estimate of drug-likeness (QED) is 0.594. The van der Waals surface area contributed by atoms with Crippen molar-refractivity contribution in [1.82, 2.24) is 0 Å². The molecular weight excluding hydrogens is 170 g/mol. The molecule has 2 aliphatic rings. The van der Waals surface area contributed by atoms with Gasteiger partial charge in [0.25, 0.3) is 0 Å². The van der Waals surface area contributed by atoms with E-state index >= 15 is 0 Å². The van der Waals surface area contributed by atoms with E-state index in [2.05, 4.69) is 42.5 Å². The molecule has 1 heteroatoms. The second-order valence-electron chi connectivity index (χ2n) is 4.04. The van der Waals surface area contributed by atoms with Gasteiger partial charge in [-0.3, -0.25) is 4.99 Å². The molecule has 2 atom stereocenters. The van der Waals surface area contributed by atoms with Gasteiger partial charge in [-0.05, 0) is 18.4 Å². The van der Waals surface area contributed by atoms with Crippen molar-refractivity contribution >= 4 is 5.71 Å². The number of aliphatic imine (C=N–C) groups is 1. The van der Waals surface area contributed by atoms with Gasteiger partial charge in [0.15, 0.2) is 0 Å². The van der Waals surface area contributed by atoms with Crippen LogP contribution in [0.4, 0.5) is 0 Å². The molecule has 3 rings (SSSR count). The lowest BCUT2D eigenvalue weighted by Gasteiger charge is -2.03. The van der Waals surface area contributed by atoms with Crippen LogP contribution in [0.15, 0.2) is 47.5 Å². The summed E-state index contributed by atoms with van der Waals surface area (Å²) in [5.74, 6) is 0.685. The van der Waals surface area contributed by atoms with Gasteiger partial charge in [-0.2, -0.15) is 0 Å². The summed E-state index contributed by atoms with van der Waals surface area (Å²) in [6.07, 6.45) is 6.86. The molecule has 0 aromatic heterocycles. The van der Waals surface area contributed by atoms with E-state index in [0.29, 0.717) is 12.0 Å². The molecule has 0 saturated heterocycles. The van der Waals surface area contributed by atoms with Crippen LogP contribution in [0.1, 0.15) is 18.4 Å². The lowest BCUT2D eigenvalue weighted by atomic mass is 9.99. The highest BCUT2D eigenvalue weighted by Crippen LogP contribution is 2.32. The molecule has 0 spiro atoms. The number of hydrogen-bond donors (Lipinski definition) is 0. The standard InChI is InChI=1S/C13H13N/c1-2-5-10(6-3-1)13-9-11-7-4-8-12(11)14-13/h1-7,11-12H,8-9H2/t11-,12-/m0/s1. The number of nitrogens with zero attached hydrogens (tertiary/aromatic N) is 1. The Balaban J connectivity index is 1.89. The average Bonchev–Trinajstić information content (AvgIpc) is 2.78. The van der Waals surface area contributed by atoms with Gasteiger partial charge in [-0.25, -0.2) is 0 Å². The van der Waals surface area contributed by atoms with E-state index < -0.39 is 0 Å². The molecule has 1 aliphatic carbocycles. The van der Waals surface area contributed by atoms with Crippen molar-refractivity contribution in [2.45, 2.75) is 18.9 Å². The summed E-state index contributed by atoms with van der Waals surface area (Å²) in [5.41, 5.74) is 2.60. The molecule has 0 bridgehead atoms. The van der Waals surface area contributed by atoms with E-state index in [1.165, 1.54) is 11.3 Å². The Kier molecular flexibility index (Phi) is 1.76. The van der Waals surface area contributed by atoms with Crippen LogP contribution in [-0.4, -0.2) is 11.8 Å². The van der Waals surface area contributed by atoms with E-state index in [9.17, 15) is 0 Å². The summed E-state index contributed by atoms with van der Waals surface area (Å²) in [7, 11) is 0. The molecule has 0 radical (unpaired) electrons. The molecule has 1 nitrogen and oxygen atoms in total. The Bertz CT molecular complexity index is 389. The van der Waals surface area contributed by atoms with E-state index in [1.54, 1.807) is 0 Å². The number of benzene rings is 1. The third-order valence-electron chi connectivity index (χ3n) is 3.11. The number of rotatable bonds is 1. The van der Waals surface area contributed by atoms with Gasteiger partial charge in [0, 0.05) is 11.6 Å². The molecule has 1 aromatic rings. The molecule has 1 aromatic carbocycles. The number of hydrogen-bond acceptors (Lipinski definition) is 1. The van der Waals surface area contributed by atoms with Gasteiger partial charge in [0.05, 0.1) is 6.04 Å². The molecular formula is C13H13N. The highest BCUT2D eigenvalue weighted by molar-refractivity contribution is 6.02. The van der Waals surface area contributed by atoms with Crippen LogP contribution in [0.5, 0.6) is 0 Å². The summed E-state index contributed by atoms with van der Waals surface area (Å²) >= 11 is 0. The highest BCUT2D eigenvalue weighted by Gasteiger charge is 2.29. The minimum atomic E-state index is 0.546. The van der Waals surface area contributed by atoms with E-state index in [4.69, 9.17) is 4.99 Å². The molecule has 0 amide bonds. The maximum Gasteiger partial charge on any atom is 0.0603 e. The molecule has 14 heavy (non-hydrogen) atoms. The van der Waals surface area contributed by atoms with Gasteiger partial charge in [-0.1, -0.05) is 42.5 Å². The minimum Gasteiger partial charge on any atom is -0.285 e. The third-order valence-corrected chi connectivity index (χ3v) is 3.11. The molecule has 0 unspecified atom stereocenters. The average molecular weight is 183 g/mol. The first-order valence-electron chi connectivity index (χ1n) is 5.22. The summed E-state index contributed by atoms with van der Waals surface area (Å²) in [4.78, 5) is 4.77. The van der Waals surface area contributed by atoms with Crippen molar-refractivity contribution in [3.63, 3.8) is 0 Å². The van der Waals surface area contributed by atoms with E-state index in [-0.39, 0.29) is 0 Å². The lowest BCUT2D eigenvalue weighted by molar-refractivity contribution is 0.594. The van der Waals surface area contributed by atoms with Crippen molar-refractivity contribution in [3.8, 4) is 0 Å². The van der Waals surface area contributed by atoms with Crippen LogP contribution in [0.3, 0.4) is 0 Å². The summed E-state index contributed by atoms with van der Waals surface area (Å²) in [5, 5.41) is 0. The predicted octanol–water partition coefficient (Wildman–Crippen LogP) is 2.82. The zero-order valence-corrected chi connectivity index (χ0v) is 8.06. The Morgan fingerprint density at radius 3 is 2.79 bits per heavy atom. The Morgan fingerprint density at radius 2 is 2.00 bits per heavy atom. The van der Waals surface area contributed by atoms with Crippen LogP contribution < -0.4 is 0 Å². The van der Waals surface area contributed by atoms with Crippen molar-refractivity contribution < 1.29 is 0 Å². The monoisotopic (exact) mass is 183 g/mol. The SMILES string of the molecule is C1=C[C@H]2CC(c3ccccc3)=N[C@H]2C1. The second-order valence-corrected chi connectivity index (χ2v) is 4.04. The summed E-state index contributed by atoms with van der Waals surface area (Å²) < 4.78 is 0. The molecule has 70 valence electrons. The van der Waals surface area contributed by atoms with Crippen LogP contribution in [0.2, 0.25) is 0 Å². The van der Waals surface area contributed by atoms with Gasteiger partial charge in [0.2, 0.25) is 0 Å². The topological polar surface area (TPSA) is 12.4 Å². The Hall–Kier alpha value is -1.37. The van der Waals surface area contributed by atoms with Crippen molar-refractivity contribution in [2.75, 3.05) is 0 Å². The maximum atomic E-state index is 4.77. The molecule has 1 heterocycles. The van der Waals surface area contributed by atoms with Crippen LogP contribution >= 0.6 is 0 Å². The van der Waals surface area contributed by atoms with Crippen molar-refractivity contribution in [2.24, 2.45) is 10.9 Å². The normalized spacial score (nSPS) is 29.0. The van der Waals surface area contributed by atoms with Crippen LogP contribution in [-0.2, 0) is 0 Å². The predicted molar refractivity (Wildman–Crippen MR) is 58.6 cm³/mol. The molecule has 0 fully saturated rings. The lowest BCUT2D eigenvalue weighted by Crippen LogP contribution is -2.04. The van der Waals surface area contributed by atoms with Crippen molar-refractivity contribution in [3.05, 3.63) is 48.0 Å². The third kappa shape index (κ3) is 1.20. The minimum absolute atomic E-state index is 0.546. The zero-order chi connectivity index (χ0) is 9.38. The molecule has 1 aliphatic heterocycles. The number of fused-ring (bicyclic) bond motifs is 1. The first-order valence-corrected chi connectivity index (χ1v) is 5.22. The van der Waals surface area contributed by atoms with Gasteiger partial charge >= 0.3 is 0 Å². The van der Waals surface area contributed by atoms with E-state index in [0.717, 1.165) is 12.8 Å². The fourth-order valence-electron chi connectivity index (χ4n) is 2.35. The van der Waals surface area contributed by atoms with E-state index in [1.807, 2.05) is 0 Å². The van der Waals surface area contributed by atoms with Gasteiger partial charge < -0.3 is 0 Å². The fourth-order valence-corrected chi connectivity index (χ4v) is 2.35. The first kappa shape index (κ1) is 7.98. The second kappa shape index (κ2) is 3.09. The summed E-state index contributed by atoms with van der Waals surface area (Å²) in [6, 6.07) is 11.1. The highest BCUT2D eigenvalue weighted by atomic mass is 14.9. The Morgan fingerprint density at radius 1 is 1.14 bits per heavy atom. The fraction of sp³-hybridized carbons (Fsp3) is 0.308. The maximum absolute atomic E-state index is 4.77. The first-order chi connectivity index (χ1) is 6.93. The largest absolute Gasteiger partial charge is 0.285 e. The zero-order valence-electron chi connectivity index (χ0n) is 8.06. The van der Waals surface area contributed by atoms with Crippen LogP contribution in [0, 0.1) is 5.92 Å².